The standard InChI is InChI=1S/C40H33ClN6O9/c1-47(22-8-14-29(47)33(30(50)16-22)36(53)55-34(51)20-5-3-2-4-6-20)19-42-38-44-37(41)45-39(46-38)43-21-7-11-26-25(15-21)35(52)56-40(26)27-12-9-23(48)17-31(27)54-32-18-24(49)10-13-28(32)40/h2-7,9-13,15,17-18,22,29-30,33,50H,8,14,16,19H2,1H3,(H3-,42,43,44,45,46,48,49)/p+1/t22-,29+,30-,33+,47?/m0/s1. The SMILES string of the molecule is C[N+]1(CNc2nc(Cl)nc(Nc3ccc4c(c3)C(=O)OC43c4ccc(O)cc4Oc4cc(O)ccc43)n2)[C@H]2CC[C@@H]1[C@@H](C(=O)OC(=O)c1ccccc1)[C@@H](O)C2. The van der Waals surface area contributed by atoms with Crippen molar-refractivity contribution in [3.63, 3.8) is 0 Å². The largest absolute Gasteiger partial charge is 0.508 e. The monoisotopic (exact) mass is 777 g/mol. The Morgan fingerprint density at radius 1 is 0.911 bits per heavy atom. The Hall–Kier alpha value is -6.29. The normalized spacial score (nSPS) is 23.6. The Balaban J connectivity index is 0.951. The highest BCUT2D eigenvalue weighted by atomic mass is 35.5. The third-order valence-corrected chi connectivity index (χ3v) is 11.6. The van der Waals surface area contributed by atoms with Gasteiger partial charge in [-0.05, 0) is 60.1 Å². The van der Waals surface area contributed by atoms with Gasteiger partial charge in [0.05, 0.1) is 30.3 Å². The van der Waals surface area contributed by atoms with Gasteiger partial charge in [0.25, 0.3) is 0 Å². The molecular weight excluding hydrogens is 744 g/mol. The molecule has 5 aromatic rings. The Bertz CT molecular complexity index is 2400. The van der Waals surface area contributed by atoms with E-state index < -0.39 is 35.5 Å². The number of benzene rings is 4. The number of aromatic nitrogens is 3. The van der Waals surface area contributed by atoms with E-state index in [9.17, 15) is 29.7 Å². The molecule has 56 heavy (non-hydrogen) atoms. The summed E-state index contributed by atoms with van der Waals surface area (Å²) >= 11 is 6.36. The van der Waals surface area contributed by atoms with Crippen molar-refractivity contribution >= 4 is 47.1 Å². The maximum Gasteiger partial charge on any atom is 0.345 e. The second-order valence-electron chi connectivity index (χ2n) is 14.6. The van der Waals surface area contributed by atoms with E-state index in [0.717, 1.165) is 6.42 Å². The smallest absolute Gasteiger partial charge is 0.345 e. The molecule has 1 aromatic heterocycles. The zero-order chi connectivity index (χ0) is 38.9. The molecule has 0 aliphatic carbocycles. The van der Waals surface area contributed by atoms with Gasteiger partial charge in [0, 0.05) is 53.8 Å². The van der Waals surface area contributed by atoms with E-state index in [1.54, 1.807) is 60.7 Å². The van der Waals surface area contributed by atoms with Gasteiger partial charge in [-0.1, -0.05) is 24.3 Å². The minimum absolute atomic E-state index is 0.0202. The van der Waals surface area contributed by atoms with Crippen molar-refractivity contribution < 1.29 is 48.4 Å². The molecule has 9 rings (SSSR count). The molecule has 4 aliphatic rings. The van der Waals surface area contributed by atoms with Crippen molar-refractivity contribution in [2.24, 2.45) is 5.92 Å². The Labute approximate surface area is 324 Å². The molecule has 284 valence electrons. The van der Waals surface area contributed by atoms with Gasteiger partial charge in [-0.2, -0.15) is 15.0 Å². The first-order chi connectivity index (χ1) is 26.9. The lowest BCUT2D eigenvalue weighted by Crippen LogP contribution is -2.65. The number of piperidine rings is 1. The van der Waals surface area contributed by atoms with E-state index in [4.69, 9.17) is 25.8 Å². The third kappa shape index (κ3) is 5.74. The lowest BCUT2D eigenvalue weighted by molar-refractivity contribution is -0.949. The van der Waals surface area contributed by atoms with Crippen LogP contribution in [0.2, 0.25) is 5.28 Å². The van der Waals surface area contributed by atoms with Gasteiger partial charge in [0.1, 0.15) is 35.0 Å². The molecular formula is C40H34ClN6O9+. The van der Waals surface area contributed by atoms with Crippen molar-refractivity contribution in [3.8, 4) is 23.0 Å². The van der Waals surface area contributed by atoms with Crippen LogP contribution < -0.4 is 15.4 Å². The highest BCUT2D eigenvalue weighted by Crippen LogP contribution is 2.57. The van der Waals surface area contributed by atoms with Crippen LogP contribution in [0.15, 0.2) is 84.9 Å². The zero-order valence-electron chi connectivity index (χ0n) is 29.7. The number of carbonyl (C=O) groups excluding carboxylic acids is 3. The molecule has 0 amide bonds. The van der Waals surface area contributed by atoms with Gasteiger partial charge in [-0.15, -0.1) is 0 Å². The number of aliphatic hydroxyl groups excluding tert-OH is 1. The summed E-state index contributed by atoms with van der Waals surface area (Å²) in [5.74, 6) is -2.37. The summed E-state index contributed by atoms with van der Waals surface area (Å²) in [4.78, 5) is 52.7. The first-order valence-corrected chi connectivity index (χ1v) is 18.3. The number of nitrogens with zero attached hydrogens (tertiary/aromatic N) is 4. The van der Waals surface area contributed by atoms with Crippen molar-refractivity contribution in [2.75, 3.05) is 24.3 Å². The van der Waals surface area contributed by atoms with Crippen molar-refractivity contribution in [3.05, 3.63) is 118 Å². The number of aromatic hydroxyl groups is 2. The number of anilines is 3. The van der Waals surface area contributed by atoms with Crippen molar-refractivity contribution in [2.45, 2.75) is 43.1 Å². The van der Waals surface area contributed by atoms with Crippen LogP contribution in [0.3, 0.4) is 0 Å². The van der Waals surface area contributed by atoms with Crippen molar-refractivity contribution in [1.29, 1.82) is 0 Å². The van der Waals surface area contributed by atoms with Crippen LogP contribution in [0.1, 0.15) is 56.7 Å². The molecule has 2 bridgehead atoms. The maximum absolute atomic E-state index is 13.6. The quantitative estimate of drug-likeness (QED) is 0.0803. The average molecular weight is 778 g/mol. The first kappa shape index (κ1) is 35.4. The highest BCUT2D eigenvalue weighted by molar-refractivity contribution is 6.28. The molecule has 15 nitrogen and oxygen atoms in total. The topological polar surface area (TPSA) is 202 Å². The molecule has 4 aromatic carbocycles. The molecule has 5 heterocycles. The number of carbonyl (C=O) groups is 3. The number of phenolic OH excluding ortho intramolecular Hbond substituents is 2. The lowest BCUT2D eigenvalue weighted by atomic mass is 9.77. The van der Waals surface area contributed by atoms with Gasteiger partial charge >= 0.3 is 17.9 Å². The number of phenols is 2. The van der Waals surface area contributed by atoms with E-state index in [-0.39, 0.29) is 70.1 Å². The molecule has 5 atom stereocenters. The summed E-state index contributed by atoms with van der Waals surface area (Å²) in [6.45, 7) is 0.271. The fourth-order valence-corrected chi connectivity index (χ4v) is 8.96. The summed E-state index contributed by atoms with van der Waals surface area (Å²) in [5, 5.41) is 37.7. The molecule has 2 saturated heterocycles. The Kier molecular flexibility index (Phi) is 8.34. The summed E-state index contributed by atoms with van der Waals surface area (Å²) in [6, 6.07) is 22.1. The molecule has 0 saturated carbocycles. The number of ether oxygens (including phenoxy) is 3. The minimum Gasteiger partial charge on any atom is -0.508 e. The fourth-order valence-electron chi connectivity index (χ4n) is 8.80. The van der Waals surface area contributed by atoms with Crippen molar-refractivity contribution in [1.82, 2.24) is 15.0 Å². The first-order valence-electron chi connectivity index (χ1n) is 17.9. The number of esters is 3. The number of hydrogen-bond donors (Lipinski definition) is 5. The number of hydrogen-bond acceptors (Lipinski definition) is 14. The predicted octanol–water partition coefficient (Wildman–Crippen LogP) is 5.36. The van der Waals surface area contributed by atoms with E-state index in [1.807, 2.05) is 7.05 Å². The molecule has 16 heteroatoms. The molecule has 1 spiro atoms. The van der Waals surface area contributed by atoms with E-state index in [0.29, 0.717) is 39.7 Å². The third-order valence-electron chi connectivity index (χ3n) is 11.4. The zero-order valence-corrected chi connectivity index (χ0v) is 30.4. The summed E-state index contributed by atoms with van der Waals surface area (Å²) < 4.78 is 17.8. The van der Waals surface area contributed by atoms with Crippen LogP contribution in [-0.2, 0) is 19.9 Å². The molecule has 5 N–H and O–H groups in total. The van der Waals surface area contributed by atoms with E-state index >= 15 is 0 Å². The Morgan fingerprint density at radius 3 is 2.30 bits per heavy atom. The number of nitrogens with one attached hydrogen (secondary N) is 2. The Morgan fingerprint density at radius 2 is 1.59 bits per heavy atom. The summed E-state index contributed by atoms with van der Waals surface area (Å²) in [5.41, 5.74) is 1.05. The maximum atomic E-state index is 13.6. The minimum atomic E-state index is -1.42. The number of quaternary nitrogens is 1. The number of fused-ring (bicyclic) bond motifs is 8. The molecule has 0 radical (unpaired) electrons. The van der Waals surface area contributed by atoms with Gasteiger partial charge in [-0.25, -0.2) is 9.59 Å². The van der Waals surface area contributed by atoms with Gasteiger partial charge in [0.15, 0.2) is 12.3 Å². The fraction of sp³-hybridized carbons (Fsp3) is 0.250. The van der Waals surface area contributed by atoms with Crippen LogP contribution in [0, 0.1) is 5.92 Å². The van der Waals surface area contributed by atoms with Gasteiger partial charge in [-0.3, -0.25) is 4.79 Å². The number of aliphatic hydroxyl groups is 1. The average Bonchev–Trinajstić information content (AvgIpc) is 3.54. The van der Waals surface area contributed by atoms with Gasteiger partial charge in [0.2, 0.25) is 17.2 Å². The molecule has 2 fully saturated rings. The number of halogens is 1. The van der Waals surface area contributed by atoms with E-state index in [2.05, 4.69) is 25.6 Å². The van der Waals surface area contributed by atoms with Crippen LogP contribution in [0.5, 0.6) is 23.0 Å². The summed E-state index contributed by atoms with van der Waals surface area (Å²) in [6.07, 6.45) is 0.782. The van der Waals surface area contributed by atoms with E-state index in [1.165, 1.54) is 24.3 Å². The summed E-state index contributed by atoms with van der Waals surface area (Å²) in [7, 11) is 1.99. The molecule has 1 unspecified atom stereocenters. The number of rotatable bonds is 7. The van der Waals surface area contributed by atoms with Crippen LogP contribution in [-0.4, -0.2) is 84.6 Å². The second kappa shape index (κ2) is 13.2. The van der Waals surface area contributed by atoms with Crippen LogP contribution >= 0.6 is 11.6 Å². The highest BCUT2D eigenvalue weighted by Gasteiger charge is 2.59. The second-order valence-corrected chi connectivity index (χ2v) is 14.9. The van der Waals surface area contributed by atoms with Gasteiger partial charge < -0.3 is 44.6 Å². The molecule has 4 aliphatic heterocycles. The lowest BCUT2D eigenvalue weighted by Gasteiger charge is -2.48. The predicted molar refractivity (Wildman–Crippen MR) is 199 cm³/mol. The van der Waals surface area contributed by atoms with Crippen LogP contribution in [0.25, 0.3) is 0 Å². The van der Waals surface area contributed by atoms with Crippen LogP contribution in [0.4, 0.5) is 17.6 Å².